The van der Waals surface area contributed by atoms with Crippen molar-refractivity contribution in [1.29, 1.82) is 0 Å². The van der Waals surface area contributed by atoms with E-state index in [2.05, 4.69) is 0 Å². The molecule has 0 radical (unpaired) electrons. The number of esters is 1. The van der Waals surface area contributed by atoms with E-state index >= 15 is 0 Å². The lowest BCUT2D eigenvalue weighted by Gasteiger charge is -2.06. The van der Waals surface area contributed by atoms with Gasteiger partial charge in [-0.05, 0) is 17.7 Å². The molecule has 21 heavy (non-hydrogen) atoms. The molecule has 0 bridgehead atoms. The summed E-state index contributed by atoms with van der Waals surface area (Å²) in [5.41, 5.74) is 0.767. The molecule has 0 saturated carbocycles. The highest BCUT2D eigenvalue weighted by Gasteiger charge is 2.19. The molecule has 2 rings (SSSR count). The summed E-state index contributed by atoms with van der Waals surface area (Å²) in [7, 11) is 0. The van der Waals surface area contributed by atoms with Crippen molar-refractivity contribution in [3.05, 3.63) is 70.5 Å². The number of hydrogen-bond donors (Lipinski definition) is 0. The Morgan fingerprint density at radius 3 is 2.43 bits per heavy atom. The molecule has 0 atom stereocenters. The molecule has 3 nitrogen and oxygen atoms in total. The van der Waals surface area contributed by atoms with Crippen LogP contribution in [-0.2, 0) is 27.4 Å². The van der Waals surface area contributed by atoms with Crippen LogP contribution in [0.4, 0.5) is 4.39 Å². The third-order valence-corrected chi connectivity index (χ3v) is 3.19. The number of carbonyl (C=O) groups excluding carboxylic acids is 2. The van der Waals surface area contributed by atoms with E-state index in [1.54, 1.807) is 24.3 Å². The van der Waals surface area contributed by atoms with E-state index in [-0.39, 0.29) is 17.2 Å². The largest absolute Gasteiger partial charge is 0.455 e. The van der Waals surface area contributed by atoms with Crippen LogP contribution in [-0.4, -0.2) is 11.8 Å². The number of ketones is 1. The van der Waals surface area contributed by atoms with Crippen LogP contribution in [0.5, 0.6) is 0 Å². The molecule has 0 fully saturated rings. The average molecular weight is 307 g/mol. The number of rotatable bonds is 5. The minimum atomic E-state index is -1.00. The van der Waals surface area contributed by atoms with Crippen molar-refractivity contribution >= 4 is 23.4 Å². The SMILES string of the molecule is O=C(Cc1c(F)cccc1Cl)C(=O)OCc1ccccc1. The summed E-state index contributed by atoms with van der Waals surface area (Å²) >= 11 is 5.81. The fourth-order valence-corrected chi connectivity index (χ4v) is 1.97. The lowest BCUT2D eigenvalue weighted by Crippen LogP contribution is -2.20. The minimum absolute atomic E-state index is 0.000766. The third kappa shape index (κ3) is 4.13. The molecule has 0 heterocycles. The number of hydrogen-bond acceptors (Lipinski definition) is 3. The summed E-state index contributed by atoms with van der Waals surface area (Å²) in [6.07, 6.45) is -0.418. The minimum Gasteiger partial charge on any atom is -0.455 e. The summed E-state index contributed by atoms with van der Waals surface area (Å²) in [6.45, 7) is -0.00355. The predicted molar refractivity (Wildman–Crippen MR) is 76.4 cm³/mol. The lowest BCUT2D eigenvalue weighted by atomic mass is 10.1. The molecular weight excluding hydrogens is 295 g/mol. The van der Waals surface area contributed by atoms with Crippen LogP contribution in [0, 0.1) is 5.82 Å². The van der Waals surface area contributed by atoms with E-state index in [1.165, 1.54) is 18.2 Å². The van der Waals surface area contributed by atoms with Crippen molar-refractivity contribution in [2.75, 3.05) is 0 Å². The maximum Gasteiger partial charge on any atom is 0.375 e. The van der Waals surface area contributed by atoms with Gasteiger partial charge in [0.05, 0.1) is 0 Å². The zero-order valence-electron chi connectivity index (χ0n) is 11.0. The van der Waals surface area contributed by atoms with Crippen molar-refractivity contribution in [2.45, 2.75) is 13.0 Å². The van der Waals surface area contributed by atoms with Gasteiger partial charge in [0, 0.05) is 17.0 Å². The van der Waals surface area contributed by atoms with Gasteiger partial charge in [-0.2, -0.15) is 0 Å². The zero-order chi connectivity index (χ0) is 15.2. The van der Waals surface area contributed by atoms with E-state index < -0.39 is 24.0 Å². The summed E-state index contributed by atoms with van der Waals surface area (Å²) in [5.74, 6) is -2.46. The zero-order valence-corrected chi connectivity index (χ0v) is 11.8. The molecule has 0 unspecified atom stereocenters. The smallest absolute Gasteiger partial charge is 0.375 e. The highest BCUT2D eigenvalue weighted by Crippen LogP contribution is 2.19. The number of Topliss-reactive ketones (excluding diaryl/α,β-unsaturated/α-hetero) is 1. The van der Waals surface area contributed by atoms with Gasteiger partial charge in [-0.1, -0.05) is 48.0 Å². The topological polar surface area (TPSA) is 43.4 Å². The number of benzene rings is 2. The second-order valence-corrected chi connectivity index (χ2v) is 4.77. The maximum absolute atomic E-state index is 13.5. The summed E-state index contributed by atoms with van der Waals surface area (Å²) in [4.78, 5) is 23.3. The molecule has 0 N–H and O–H groups in total. The van der Waals surface area contributed by atoms with Crippen LogP contribution in [0.25, 0.3) is 0 Å². The van der Waals surface area contributed by atoms with E-state index in [1.807, 2.05) is 6.07 Å². The van der Waals surface area contributed by atoms with Crippen molar-refractivity contribution in [3.8, 4) is 0 Å². The second-order valence-electron chi connectivity index (χ2n) is 4.36. The molecule has 0 aliphatic rings. The fourth-order valence-electron chi connectivity index (χ4n) is 1.74. The highest BCUT2D eigenvalue weighted by molar-refractivity contribution is 6.35. The first-order valence-electron chi connectivity index (χ1n) is 6.24. The number of halogens is 2. The average Bonchev–Trinajstić information content (AvgIpc) is 2.49. The molecule has 5 heteroatoms. The molecule has 0 saturated heterocycles. The van der Waals surface area contributed by atoms with Crippen molar-refractivity contribution in [2.24, 2.45) is 0 Å². The first-order chi connectivity index (χ1) is 10.1. The van der Waals surface area contributed by atoms with Gasteiger partial charge >= 0.3 is 5.97 Å². The van der Waals surface area contributed by atoms with Crippen LogP contribution < -0.4 is 0 Å². The molecule has 0 aromatic heterocycles. The Morgan fingerprint density at radius 2 is 1.76 bits per heavy atom. The van der Waals surface area contributed by atoms with Crippen molar-refractivity contribution in [3.63, 3.8) is 0 Å². The third-order valence-electron chi connectivity index (χ3n) is 2.84. The molecule has 0 aliphatic carbocycles. The molecule has 108 valence electrons. The Labute approximate surface area is 126 Å². The quantitative estimate of drug-likeness (QED) is 0.628. The van der Waals surface area contributed by atoms with E-state index in [4.69, 9.17) is 16.3 Å². The molecule has 2 aromatic carbocycles. The van der Waals surface area contributed by atoms with Crippen LogP contribution in [0.15, 0.2) is 48.5 Å². The number of ether oxygens (including phenoxy) is 1. The van der Waals surface area contributed by atoms with Gasteiger partial charge in [0.1, 0.15) is 12.4 Å². The van der Waals surface area contributed by atoms with Crippen LogP contribution in [0.2, 0.25) is 5.02 Å². The van der Waals surface area contributed by atoms with Gasteiger partial charge in [0.2, 0.25) is 5.78 Å². The Morgan fingerprint density at radius 1 is 1.05 bits per heavy atom. The van der Waals surface area contributed by atoms with Gasteiger partial charge in [0.15, 0.2) is 0 Å². The molecular formula is C16H12ClFO3. The van der Waals surface area contributed by atoms with Gasteiger partial charge in [-0.15, -0.1) is 0 Å². The van der Waals surface area contributed by atoms with Crippen LogP contribution in [0.3, 0.4) is 0 Å². The normalized spacial score (nSPS) is 10.2. The standard InChI is InChI=1S/C16H12ClFO3/c17-13-7-4-8-14(18)12(13)9-15(19)16(20)21-10-11-5-2-1-3-6-11/h1-8H,9-10H2. The summed E-state index contributed by atoms with van der Waals surface area (Å²) < 4.78 is 18.4. The lowest BCUT2D eigenvalue weighted by molar-refractivity contribution is -0.154. The fraction of sp³-hybridized carbons (Fsp3) is 0.125. The van der Waals surface area contributed by atoms with Gasteiger partial charge in [-0.25, -0.2) is 9.18 Å². The first kappa shape index (κ1) is 15.2. The Bertz CT molecular complexity index is 636. The van der Waals surface area contributed by atoms with Gasteiger partial charge < -0.3 is 4.74 Å². The van der Waals surface area contributed by atoms with Crippen LogP contribution in [0.1, 0.15) is 11.1 Å². The van der Waals surface area contributed by atoms with Crippen molar-refractivity contribution < 1.29 is 18.7 Å². The summed E-state index contributed by atoms with van der Waals surface area (Å²) in [6, 6.07) is 13.0. The Hall–Kier alpha value is -2.20. The van der Waals surface area contributed by atoms with Gasteiger partial charge in [0.25, 0.3) is 0 Å². The monoisotopic (exact) mass is 306 g/mol. The molecule has 2 aromatic rings. The van der Waals surface area contributed by atoms with E-state index in [9.17, 15) is 14.0 Å². The summed E-state index contributed by atoms with van der Waals surface area (Å²) in [5, 5.41) is 0.110. The van der Waals surface area contributed by atoms with Crippen LogP contribution >= 0.6 is 11.6 Å². The highest BCUT2D eigenvalue weighted by atomic mass is 35.5. The Balaban J connectivity index is 1.96. The van der Waals surface area contributed by atoms with E-state index in [0.717, 1.165) is 5.56 Å². The Kier molecular flexibility index (Phi) is 5.06. The van der Waals surface area contributed by atoms with Crippen molar-refractivity contribution in [1.82, 2.24) is 0 Å². The van der Waals surface area contributed by atoms with Gasteiger partial charge in [-0.3, -0.25) is 4.79 Å². The van der Waals surface area contributed by atoms with E-state index in [0.29, 0.717) is 0 Å². The first-order valence-corrected chi connectivity index (χ1v) is 6.62. The predicted octanol–water partition coefficient (Wildman–Crippen LogP) is 3.33. The molecule has 0 amide bonds. The molecule has 0 spiro atoms. The molecule has 0 aliphatic heterocycles. The second kappa shape index (κ2) is 6.99. The number of carbonyl (C=O) groups is 2. The maximum atomic E-state index is 13.5.